The molecule has 0 spiro atoms. The quantitative estimate of drug-likeness (QED) is 0.626. The SMILES string of the molecule is CCC(=O)N[C@H](c1ccc(C(C)C)cc1)c1cc(Cl)c2cccnc2c1O. The highest BCUT2D eigenvalue weighted by Crippen LogP contribution is 2.38. The van der Waals surface area contributed by atoms with Crippen molar-refractivity contribution in [1.29, 1.82) is 0 Å². The van der Waals surface area contributed by atoms with E-state index in [-0.39, 0.29) is 11.7 Å². The zero-order valence-electron chi connectivity index (χ0n) is 15.7. The Balaban J connectivity index is 2.15. The van der Waals surface area contributed by atoms with E-state index in [1.807, 2.05) is 30.3 Å². The van der Waals surface area contributed by atoms with Crippen molar-refractivity contribution in [3.05, 3.63) is 70.4 Å². The van der Waals surface area contributed by atoms with Gasteiger partial charge in [0.25, 0.3) is 0 Å². The third-order valence-corrected chi connectivity index (χ3v) is 5.03. The van der Waals surface area contributed by atoms with Gasteiger partial charge in [-0.1, -0.05) is 56.6 Å². The van der Waals surface area contributed by atoms with Gasteiger partial charge in [-0.3, -0.25) is 9.78 Å². The summed E-state index contributed by atoms with van der Waals surface area (Å²) in [7, 11) is 0. The first kappa shape index (κ1) is 19.2. The van der Waals surface area contributed by atoms with Crippen LogP contribution in [0, 0.1) is 0 Å². The molecule has 0 bridgehead atoms. The molecule has 0 radical (unpaired) electrons. The van der Waals surface area contributed by atoms with Gasteiger partial charge in [0.1, 0.15) is 11.3 Å². The van der Waals surface area contributed by atoms with Gasteiger partial charge in [-0.05, 0) is 35.2 Å². The third kappa shape index (κ3) is 3.91. The maximum absolute atomic E-state index is 12.2. The molecule has 0 unspecified atom stereocenters. The van der Waals surface area contributed by atoms with Crippen LogP contribution in [0.2, 0.25) is 5.02 Å². The van der Waals surface area contributed by atoms with Crippen LogP contribution in [0.1, 0.15) is 55.8 Å². The summed E-state index contributed by atoms with van der Waals surface area (Å²) in [5.41, 5.74) is 3.05. The first-order valence-electron chi connectivity index (χ1n) is 9.07. The van der Waals surface area contributed by atoms with Crippen molar-refractivity contribution in [2.24, 2.45) is 0 Å². The highest BCUT2D eigenvalue weighted by Gasteiger charge is 2.23. The lowest BCUT2D eigenvalue weighted by molar-refractivity contribution is -0.121. The first-order valence-corrected chi connectivity index (χ1v) is 9.45. The molecule has 3 rings (SSSR count). The number of carbonyl (C=O) groups is 1. The fourth-order valence-electron chi connectivity index (χ4n) is 3.10. The minimum absolute atomic E-state index is 0.0318. The van der Waals surface area contributed by atoms with Gasteiger partial charge in [0.05, 0.1) is 11.1 Å². The van der Waals surface area contributed by atoms with Gasteiger partial charge in [-0.2, -0.15) is 0 Å². The van der Waals surface area contributed by atoms with Crippen molar-refractivity contribution < 1.29 is 9.90 Å². The molecule has 140 valence electrons. The molecule has 0 aliphatic rings. The van der Waals surface area contributed by atoms with E-state index in [4.69, 9.17) is 11.6 Å². The molecule has 5 heteroatoms. The Kier molecular flexibility index (Phi) is 5.66. The lowest BCUT2D eigenvalue weighted by Crippen LogP contribution is -2.28. The predicted octanol–water partition coefficient (Wildman–Crippen LogP) is 5.33. The number of nitrogens with one attached hydrogen (secondary N) is 1. The fourth-order valence-corrected chi connectivity index (χ4v) is 3.37. The summed E-state index contributed by atoms with van der Waals surface area (Å²) in [6.45, 7) is 6.06. The number of nitrogens with zero attached hydrogens (tertiary/aromatic N) is 1. The summed E-state index contributed by atoms with van der Waals surface area (Å²) in [5.74, 6) is 0.337. The van der Waals surface area contributed by atoms with E-state index < -0.39 is 6.04 Å². The summed E-state index contributed by atoms with van der Waals surface area (Å²) in [4.78, 5) is 16.4. The number of amides is 1. The molecule has 3 aromatic rings. The summed E-state index contributed by atoms with van der Waals surface area (Å²) in [5, 5.41) is 15.0. The van der Waals surface area contributed by atoms with Gasteiger partial charge >= 0.3 is 0 Å². The maximum Gasteiger partial charge on any atom is 0.220 e. The van der Waals surface area contributed by atoms with Crippen LogP contribution in [-0.4, -0.2) is 16.0 Å². The van der Waals surface area contributed by atoms with Crippen molar-refractivity contribution in [1.82, 2.24) is 10.3 Å². The number of fused-ring (bicyclic) bond motifs is 1. The number of halogens is 1. The summed E-state index contributed by atoms with van der Waals surface area (Å²) in [6, 6.07) is 12.8. The third-order valence-electron chi connectivity index (χ3n) is 4.72. The van der Waals surface area contributed by atoms with Crippen molar-refractivity contribution in [3.63, 3.8) is 0 Å². The number of phenols is 1. The number of aromatic nitrogens is 1. The number of hydrogen-bond acceptors (Lipinski definition) is 3. The number of benzene rings is 2. The second-order valence-electron chi connectivity index (χ2n) is 6.87. The minimum atomic E-state index is -0.512. The van der Waals surface area contributed by atoms with E-state index >= 15 is 0 Å². The van der Waals surface area contributed by atoms with Gasteiger partial charge in [-0.15, -0.1) is 0 Å². The summed E-state index contributed by atoms with van der Waals surface area (Å²) >= 11 is 6.44. The molecule has 2 aromatic carbocycles. The van der Waals surface area contributed by atoms with Gasteiger partial charge in [0.15, 0.2) is 0 Å². The number of rotatable bonds is 5. The van der Waals surface area contributed by atoms with E-state index in [1.165, 1.54) is 5.56 Å². The molecule has 1 heterocycles. The molecule has 1 aromatic heterocycles. The van der Waals surface area contributed by atoms with Crippen molar-refractivity contribution in [2.75, 3.05) is 0 Å². The lowest BCUT2D eigenvalue weighted by atomic mass is 9.93. The summed E-state index contributed by atoms with van der Waals surface area (Å²) in [6.07, 6.45) is 1.96. The second kappa shape index (κ2) is 7.97. The maximum atomic E-state index is 12.2. The van der Waals surface area contributed by atoms with Crippen molar-refractivity contribution in [3.8, 4) is 5.75 Å². The Labute approximate surface area is 164 Å². The molecule has 1 atom stereocenters. The fraction of sp³-hybridized carbons (Fsp3) is 0.273. The number of phenolic OH excluding ortho intramolecular Hbond substituents is 1. The average molecular weight is 383 g/mol. The number of pyridine rings is 1. The van der Waals surface area contributed by atoms with Crippen LogP contribution in [0.4, 0.5) is 0 Å². The Morgan fingerprint density at radius 2 is 1.85 bits per heavy atom. The monoisotopic (exact) mass is 382 g/mol. The Bertz CT molecular complexity index is 968. The predicted molar refractivity (Wildman–Crippen MR) is 109 cm³/mol. The molecule has 4 nitrogen and oxygen atoms in total. The van der Waals surface area contributed by atoms with Crippen molar-refractivity contribution in [2.45, 2.75) is 39.2 Å². The topological polar surface area (TPSA) is 62.2 Å². The minimum Gasteiger partial charge on any atom is -0.505 e. The van der Waals surface area contributed by atoms with E-state index in [0.29, 0.717) is 33.8 Å². The van der Waals surface area contributed by atoms with Crippen LogP contribution in [0.15, 0.2) is 48.7 Å². The Morgan fingerprint density at radius 3 is 2.48 bits per heavy atom. The zero-order valence-corrected chi connectivity index (χ0v) is 16.4. The van der Waals surface area contributed by atoms with Crippen molar-refractivity contribution >= 4 is 28.4 Å². The molecule has 27 heavy (non-hydrogen) atoms. The molecular formula is C22H23ClN2O2. The molecule has 0 aliphatic carbocycles. The van der Waals surface area contributed by atoms with Crippen LogP contribution < -0.4 is 5.32 Å². The normalized spacial score (nSPS) is 12.3. The van der Waals surface area contributed by atoms with Crippen LogP contribution in [-0.2, 0) is 4.79 Å². The van der Waals surface area contributed by atoms with E-state index in [9.17, 15) is 9.90 Å². The van der Waals surface area contributed by atoms with Crippen LogP contribution in [0.3, 0.4) is 0 Å². The molecule has 0 saturated heterocycles. The Hall–Kier alpha value is -2.59. The number of carbonyl (C=O) groups excluding carboxylic acids is 1. The largest absolute Gasteiger partial charge is 0.505 e. The zero-order chi connectivity index (χ0) is 19.6. The first-order chi connectivity index (χ1) is 12.9. The second-order valence-corrected chi connectivity index (χ2v) is 7.28. The molecule has 0 fully saturated rings. The van der Waals surface area contributed by atoms with Crippen LogP contribution >= 0.6 is 11.6 Å². The number of hydrogen-bond donors (Lipinski definition) is 2. The molecule has 1 amide bonds. The van der Waals surface area contributed by atoms with Gasteiger partial charge in [0, 0.05) is 23.6 Å². The van der Waals surface area contributed by atoms with E-state index in [1.54, 1.807) is 25.3 Å². The van der Waals surface area contributed by atoms with Gasteiger partial charge < -0.3 is 10.4 Å². The summed E-state index contributed by atoms with van der Waals surface area (Å²) < 4.78 is 0. The average Bonchev–Trinajstić information content (AvgIpc) is 2.69. The smallest absolute Gasteiger partial charge is 0.220 e. The van der Waals surface area contributed by atoms with Gasteiger partial charge in [-0.25, -0.2) is 0 Å². The van der Waals surface area contributed by atoms with Crippen LogP contribution in [0.5, 0.6) is 5.75 Å². The molecular weight excluding hydrogens is 360 g/mol. The standard InChI is InChI=1S/C22H23ClN2O2/c1-4-19(26)25-20(15-9-7-14(8-10-15)13(2)3)17-12-18(23)16-6-5-11-24-21(16)22(17)27/h5-13,20,27H,4H2,1-3H3,(H,25,26)/t20-/m1/s1. The molecule has 0 saturated carbocycles. The highest BCUT2D eigenvalue weighted by atomic mass is 35.5. The highest BCUT2D eigenvalue weighted by molar-refractivity contribution is 6.35. The molecule has 2 N–H and O–H groups in total. The molecule has 0 aliphatic heterocycles. The van der Waals surface area contributed by atoms with E-state index in [2.05, 4.69) is 24.1 Å². The van der Waals surface area contributed by atoms with E-state index in [0.717, 1.165) is 5.56 Å². The Morgan fingerprint density at radius 1 is 1.19 bits per heavy atom. The lowest BCUT2D eigenvalue weighted by Gasteiger charge is -2.22. The number of aromatic hydroxyl groups is 1. The van der Waals surface area contributed by atoms with Gasteiger partial charge in [0.2, 0.25) is 5.91 Å². The van der Waals surface area contributed by atoms with Crippen LogP contribution in [0.25, 0.3) is 10.9 Å².